The SMILES string of the molecule is CN1CCN(c2cc(C(=O)N(CCCO)CC(C)(C)C)ccn2)CC1. The van der Waals surface area contributed by atoms with Crippen LogP contribution in [0.15, 0.2) is 18.3 Å². The Balaban J connectivity index is 2.14. The molecule has 0 radical (unpaired) electrons. The number of amides is 1. The first-order valence-corrected chi connectivity index (χ1v) is 9.10. The number of aromatic nitrogens is 1. The zero-order valence-electron chi connectivity index (χ0n) is 16.0. The highest BCUT2D eigenvalue weighted by atomic mass is 16.3. The van der Waals surface area contributed by atoms with Crippen LogP contribution < -0.4 is 4.90 Å². The Hall–Kier alpha value is -1.66. The third kappa shape index (κ3) is 5.97. The number of carbonyl (C=O) groups excluding carboxylic acids is 1. The van der Waals surface area contributed by atoms with Crippen LogP contribution in [0.4, 0.5) is 5.82 Å². The molecule has 25 heavy (non-hydrogen) atoms. The highest BCUT2D eigenvalue weighted by Gasteiger charge is 2.23. The van der Waals surface area contributed by atoms with Crippen molar-refractivity contribution in [3.05, 3.63) is 23.9 Å². The Bertz CT molecular complexity index is 563. The van der Waals surface area contributed by atoms with Gasteiger partial charge in [-0.25, -0.2) is 4.98 Å². The Kier molecular flexibility index (Phi) is 6.79. The lowest BCUT2D eigenvalue weighted by molar-refractivity contribution is 0.0682. The number of aliphatic hydroxyl groups excluding tert-OH is 1. The maximum atomic E-state index is 13.0. The predicted molar refractivity (Wildman–Crippen MR) is 101 cm³/mol. The number of nitrogens with zero attached hydrogens (tertiary/aromatic N) is 4. The second-order valence-corrected chi connectivity index (χ2v) is 8.06. The topological polar surface area (TPSA) is 59.9 Å². The van der Waals surface area contributed by atoms with Gasteiger partial charge in [0.1, 0.15) is 5.82 Å². The molecule has 0 atom stereocenters. The van der Waals surface area contributed by atoms with E-state index in [1.165, 1.54) is 0 Å². The summed E-state index contributed by atoms with van der Waals surface area (Å²) in [4.78, 5) is 23.8. The number of hydrogen-bond donors (Lipinski definition) is 1. The zero-order valence-corrected chi connectivity index (χ0v) is 16.0. The van der Waals surface area contributed by atoms with Crippen LogP contribution in [0.25, 0.3) is 0 Å². The van der Waals surface area contributed by atoms with Crippen molar-refractivity contribution in [2.24, 2.45) is 5.41 Å². The normalized spacial score (nSPS) is 16.1. The highest BCUT2D eigenvalue weighted by Crippen LogP contribution is 2.20. The van der Waals surface area contributed by atoms with Crippen LogP contribution in [0.5, 0.6) is 0 Å². The summed E-state index contributed by atoms with van der Waals surface area (Å²) in [5, 5.41) is 9.14. The molecule has 1 saturated heterocycles. The first-order chi connectivity index (χ1) is 11.8. The van der Waals surface area contributed by atoms with Gasteiger partial charge in [-0.2, -0.15) is 0 Å². The van der Waals surface area contributed by atoms with E-state index in [0.717, 1.165) is 32.0 Å². The van der Waals surface area contributed by atoms with Gasteiger partial charge in [-0.15, -0.1) is 0 Å². The molecular weight excluding hydrogens is 316 g/mol. The summed E-state index contributed by atoms with van der Waals surface area (Å²) >= 11 is 0. The lowest BCUT2D eigenvalue weighted by atomic mass is 9.95. The molecule has 1 aliphatic heterocycles. The fourth-order valence-corrected chi connectivity index (χ4v) is 3.03. The van der Waals surface area contributed by atoms with Crippen molar-refractivity contribution in [1.29, 1.82) is 0 Å². The first kappa shape index (κ1) is 19.7. The molecule has 1 aromatic rings. The molecule has 1 aliphatic rings. The average molecular weight is 348 g/mol. The van der Waals surface area contributed by atoms with Crippen molar-refractivity contribution < 1.29 is 9.90 Å². The van der Waals surface area contributed by atoms with Gasteiger partial charge in [-0.05, 0) is 31.0 Å². The third-order valence-corrected chi connectivity index (χ3v) is 4.36. The van der Waals surface area contributed by atoms with Crippen LogP contribution in [0.2, 0.25) is 0 Å². The number of likely N-dealkylation sites (N-methyl/N-ethyl adjacent to an activating group) is 1. The second-order valence-electron chi connectivity index (χ2n) is 8.06. The van der Waals surface area contributed by atoms with Gasteiger partial charge in [-0.3, -0.25) is 4.79 Å². The number of hydrogen-bond acceptors (Lipinski definition) is 5. The van der Waals surface area contributed by atoms with Crippen molar-refractivity contribution in [3.63, 3.8) is 0 Å². The van der Waals surface area contributed by atoms with Crippen LogP contribution in [0, 0.1) is 5.41 Å². The van der Waals surface area contributed by atoms with E-state index in [2.05, 4.69) is 42.6 Å². The van der Waals surface area contributed by atoms with E-state index in [0.29, 0.717) is 25.1 Å². The van der Waals surface area contributed by atoms with Gasteiger partial charge in [0.25, 0.3) is 5.91 Å². The van der Waals surface area contributed by atoms with Crippen LogP contribution in [0.1, 0.15) is 37.6 Å². The Labute approximate surface area is 151 Å². The molecule has 0 aliphatic carbocycles. The van der Waals surface area contributed by atoms with Crippen LogP contribution in [-0.2, 0) is 0 Å². The molecule has 140 valence electrons. The van der Waals surface area contributed by atoms with Gasteiger partial charge in [0, 0.05) is 57.6 Å². The number of pyridine rings is 1. The van der Waals surface area contributed by atoms with Gasteiger partial charge in [0.2, 0.25) is 0 Å². The maximum absolute atomic E-state index is 13.0. The number of anilines is 1. The monoisotopic (exact) mass is 348 g/mol. The Morgan fingerprint density at radius 3 is 2.56 bits per heavy atom. The van der Waals surface area contributed by atoms with Crippen molar-refractivity contribution in [3.8, 4) is 0 Å². The standard InChI is InChI=1S/C19H32N4O2/c1-19(2,3)15-23(8-5-13-24)18(25)16-6-7-20-17(14-16)22-11-9-21(4)10-12-22/h6-7,14,24H,5,8-13,15H2,1-4H3. The van der Waals surface area contributed by atoms with Gasteiger partial charge in [0.15, 0.2) is 0 Å². The largest absolute Gasteiger partial charge is 0.396 e. The molecule has 0 saturated carbocycles. The number of piperazine rings is 1. The summed E-state index contributed by atoms with van der Waals surface area (Å²) < 4.78 is 0. The molecule has 0 spiro atoms. The van der Waals surface area contributed by atoms with Crippen LogP contribution in [-0.4, -0.2) is 78.7 Å². The molecule has 1 amide bonds. The Morgan fingerprint density at radius 2 is 1.96 bits per heavy atom. The minimum absolute atomic E-state index is 0.0123. The lowest BCUT2D eigenvalue weighted by Crippen LogP contribution is -2.45. The van der Waals surface area contributed by atoms with Gasteiger partial charge >= 0.3 is 0 Å². The lowest BCUT2D eigenvalue weighted by Gasteiger charge is -2.33. The minimum Gasteiger partial charge on any atom is -0.396 e. The summed E-state index contributed by atoms with van der Waals surface area (Å²) in [6.45, 7) is 11.6. The smallest absolute Gasteiger partial charge is 0.254 e. The summed E-state index contributed by atoms with van der Waals surface area (Å²) in [5.74, 6) is 0.887. The van der Waals surface area contributed by atoms with Crippen LogP contribution >= 0.6 is 0 Å². The van der Waals surface area contributed by atoms with E-state index in [1.807, 2.05) is 11.0 Å². The predicted octanol–water partition coefficient (Wildman–Crippen LogP) is 1.70. The molecular formula is C19H32N4O2. The van der Waals surface area contributed by atoms with E-state index >= 15 is 0 Å². The van der Waals surface area contributed by atoms with E-state index in [4.69, 9.17) is 5.11 Å². The van der Waals surface area contributed by atoms with E-state index in [-0.39, 0.29) is 17.9 Å². The van der Waals surface area contributed by atoms with Crippen LogP contribution in [0.3, 0.4) is 0 Å². The molecule has 2 heterocycles. The molecule has 0 bridgehead atoms. The molecule has 1 aromatic heterocycles. The van der Waals surface area contributed by atoms with Crippen molar-refractivity contribution >= 4 is 11.7 Å². The molecule has 6 heteroatoms. The summed E-state index contributed by atoms with van der Waals surface area (Å²) in [5.41, 5.74) is 0.685. The molecule has 6 nitrogen and oxygen atoms in total. The maximum Gasteiger partial charge on any atom is 0.254 e. The van der Waals surface area contributed by atoms with Crippen molar-refractivity contribution in [2.45, 2.75) is 27.2 Å². The number of aliphatic hydroxyl groups is 1. The highest BCUT2D eigenvalue weighted by molar-refractivity contribution is 5.94. The second kappa shape index (κ2) is 8.63. The third-order valence-electron chi connectivity index (χ3n) is 4.36. The Morgan fingerprint density at radius 1 is 1.28 bits per heavy atom. The summed E-state index contributed by atoms with van der Waals surface area (Å²) in [6, 6.07) is 3.69. The van der Waals surface area contributed by atoms with E-state index in [9.17, 15) is 4.79 Å². The molecule has 1 fully saturated rings. The minimum atomic E-state index is 0.0123. The number of rotatable bonds is 6. The first-order valence-electron chi connectivity index (χ1n) is 9.10. The quantitative estimate of drug-likeness (QED) is 0.848. The van der Waals surface area contributed by atoms with Crippen molar-refractivity contribution in [2.75, 3.05) is 57.8 Å². The summed E-state index contributed by atoms with van der Waals surface area (Å²) in [6.07, 6.45) is 2.32. The molecule has 2 rings (SSSR count). The van der Waals surface area contributed by atoms with E-state index in [1.54, 1.807) is 12.3 Å². The molecule has 1 N–H and O–H groups in total. The summed E-state index contributed by atoms with van der Waals surface area (Å²) in [7, 11) is 2.12. The number of carbonyl (C=O) groups is 1. The van der Waals surface area contributed by atoms with Gasteiger partial charge < -0.3 is 19.8 Å². The molecule has 0 aromatic carbocycles. The average Bonchev–Trinajstić information content (AvgIpc) is 2.58. The zero-order chi connectivity index (χ0) is 18.4. The fourth-order valence-electron chi connectivity index (χ4n) is 3.03. The molecule has 0 unspecified atom stereocenters. The fraction of sp³-hybridized carbons (Fsp3) is 0.684. The van der Waals surface area contributed by atoms with Gasteiger partial charge in [0.05, 0.1) is 0 Å². The van der Waals surface area contributed by atoms with Gasteiger partial charge in [-0.1, -0.05) is 20.8 Å². The van der Waals surface area contributed by atoms with Crippen molar-refractivity contribution in [1.82, 2.24) is 14.8 Å². The van der Waals surface area contributed by atoms with E-state index < -0.39 is 0 Å².